The highest BCUT2D eigenvalue weighted by Crippen LogP contribution is 2.15. The number of hydrogen-bond acceptors (Lipinski definition) is 3. The van der Waals surface area contributed by atoms with E-state index in [1.165, 1.54) is 24.3 Å². The molecule has 7 heteroatoms. The second-order valence-corrected chi connectivity index (χ2v) is 6.53. The van der Waals surface area contributed by atoms with E-state index in [-0.39, 0.29) is 11.3 Å². The van der Waals surface area contributed by atoms with Gasteiger partial charge in [0.05, 0.1) is 11.3 Å². The monoisotopic (exact) mass is 325 g/mol. The number of carbonyl (C=O) groups is 1. The van der Waals surface area contributed by atoms with E-state index in [1.807, 2.05) is 0 Å². The lowest BCUT2D eigenvalue weighted by Gasteiger charge is -2.08. The molecule has 0 radical (unpaired) electrons. The number of halogens is 1. The first-order valence-corrected chi connectivity index (χ1v) is 7.97. The van der Waals surface area contributed by atoms with E-state index in [9.17, 15) is 13.2 Å². The van der Waals surface area contributed by atoms with Gasteiger partial charge in [-0.2, -0.15) is 0 Å². The van der Waals surface area contributed by atoms with Crippen LogP contribution in [0, 0.1) is 0 Å². The van der Waals surface area contributed by atoms with Crippen LogP contribution in [0.25, 0.3) is 0 Å². The van der Waals surface area contributed by atoms with Gasteiger partial charge in [0.1, 0.15) is 0 Å². The SMILES string of the molecule is O=C(O)c1ccc(NS(=O)(=O)Cc2ccc(Cl)cc2)cc1. The van der Waals surface area contributed by atoms with E-state index in [2.05, 4.69) is 4.72 Å². The molecular weight excluding hydrogens is 314 g/mol. The summed E-state index contributed by atoms with van der Waals surface area (Å²) in [6.45, 7) is 0. The second kappa shape index (κ2) is 6.15. The molecule has 0 bridgehead atoms. The van der Waals surface area contributed by atoms with Crippen LogP contribution in [-0.4, -0.2) is 19.5 Å². The zero-order chi connectivity index (χ0) is 15.5. The predicted octanol–water partition coefficient (Wildman–Crippen LogP) is 2.98. The van der Waals surface area contributed by atoms with Crippen molar-refractivity contribution in [3.05, 3.63) is 64.7 Å². The van der Waals surface area contributed by atoms with Crippen LogP contribution in [-0.2, 0) is 15.8 Å². The highest BCUT2D eigenvalue weighted by Gasteiger charge is 2.12. The Hall–Kier alpha value is -2.05. The third-order valence-electron chi connectivity index (χ3n) is 2.68. The molecule has 2 aromatic carbocycles. The van der Waals surface area contributed by atoms with E-state index in [1.54, 1.807) is 24.3 Å². The summed E-state index contributed by atoms with van der Waals surface area (Å²) in [6.07, 6.45) is 0. The highest BCUT2D eigenvalue weighted by atomic mass is 35.5. The maximum Gasteiger partial charge on any atom is 0.335 e. The van der Waals surface area contributed by atoms with Crippen LogP contribution >= 0.6 is 11.6 Å². The molecule has 0 spiro atoms. The normalized spacial score (nSPS) is 11.1. The Morgan fingerprint density at radius 3 is 2.14 bits per heavy atom. The number of benzene rings is 2. The molecule has 0 atom stereocenters. The summed E-state index contributed by atoms with van der Waals surface area (Å²) >= 11 is 5.74. The van der Waals surface area contributed by atoms with Crippen molar-refractivity contribution in [3.63, 3.8) is 0 Å². The fourth-order valence-electron chi connectivity index (χ4n) is 1.70. The highest BCUT2D eigenvalue weighted by molar-refractivity contribution is 7.91. The Kier molecular flexibility index (Phi) is 4.50. The van der Waals surface area contributed by atoms with Gasteiger partial charge in [0, 0.05) is 10.7 Å². The van der Waals surface area contributed by atoms with Crippen molar-refractivity contribution >= 4 is 33.3 Å². The number of carboxylic acid groups (broad SMARTS) is 1. The average Bonchev–Trinajstić information content (AvgIpc) is 2.41. The molecule has 2 N–H and O–H groups in total. The molecule has 0 aliphatic heterocycles. The molecule has 0 aliphatic rings. The van der Waals surface area contributed by atoms with Crippen molar-refractivity contribution in [3.8, 4) is 0 Å². The van der Waals surface area contributed by atoms with Crippen LogP contribution in [0.1, 0.15) is 15.9 Å². The van der Waals surface area contributed by atoms with Gasteiger partial charge in [0.25, 0.3) is 0 Å². The third-order valence-corrected chi connectivity index (χ3v) is 4.19. The summed E-state index contributed by atoms with van der Waals surface area (Å²) in [6, 6.07) is 12.0. The smallest absolute Gasteiger partial charge is 0.335 e. The molecule has 0 amide bonds. The van der Waals surface area contributed by atoms with Crippen LogP contribution in [0.4, 0.5) is 5.69 Å². The van der Waals surface area contributed by atoms with Crippen molar-refractivity contribution in [2.45, 2.75) is 5.75 Å². The second-order valence-electron chi connectivity index (χ2n) is 4.37. The van der Waals surface area contributed by atoms with Crippen LogP contribution in [0.3, 0.4) is 0 Å². The number of carboxylic acids is 1. The summed E-state index contributed by atoms with van der Waals surface area (Å²) in [7, 11) is -3.57. The molecule has 2 aromatic rings. The number of sulfonamides is 1. The standard InChI is InChI=1S/C14H12ClNO4S/c15-12-5-1-10(2-6-12)9-21(19,20)16-13-7-3-11(4-8-13)14(17)18/h1-8,16H,9H2,(H,17,18). The Balaban J connectivity index is 2.10. The molecule has 0 heterocycles. The lowest BCUT2D eigenvalue weighted by atomic mass is 10.2. The van der Waals surface area contributed by atoms with Gasteiger partial charge < -0.3 is 5.11 Å². The van der Waals surface area contributed by atoms with Crippen LogP contribution in [0.5, 0.6) is 0 Å². The minimum atomic E-state index is -3.57. The largest absolute Gasteiger partial charge is 0.478 e. The maximum absolute atomic E-state index is 12.0. The zero-order valence-corrected chi connectivity index (χ0v) is 12.4. The first-order chi connectivity index (χ1) is 9.85. The van der Waals surface area contributed by atoms with Crippen LogP contribution in [0.15, 0.2) is 48.5 Å². The molecular formula is C14H12ClNO4S. The molecule has 2 rings (SSSR count). The maximum atomic E-state index is 12.0. The summed E-state index contributed by atoms with van der Waals surface area (Å²) in [5, 5.41) is 9.31. The fourth-order valence-corrected chi connectivity index (χ4v) is 3.02. The lowest BCUT2D eigenvalue weighted by molar-refractivity contribution is 0.0697. The molecule has 110 valence electrons. The molecule has 0 aliphatic carbocycles. The predicted molar refractivity (Wildman–Crippen MR) is 81.1 cm³/mol. The summed E-state index contributed by atoms with van der Waals surface area (Å²) in [5.41, 5.74) is 1.01. The summed E-state index contributed by atoms with van der Waals surface area (Å²) in [4.78, 5) is 10.7. The first kappa shape index (κ1) is 15.3. The minimum Gasteiger partial charge on any atom is -0.478 e. The van der Waals surface area contributed by atoms with Gasteiger partial charge in [0.15, 0.2) is 0 Å². The van der Waals surface area contributed by atoms with Gasteiger partial charge >= 0.3 is 5.97 Å². The Labute approximate surface area is 127 Å². The molecule has 21 heavy (non-hydrogen) atoms. The molecule has 0 fully saturated rings. The van der Waals surface area contributed by atoms with Crippen molar-refractivity contribution in [1.29, 1.82) is 0 Å². The first-order valence-electron chi connectivity index (χ1n) is 5.94. The molecule has 0 aromatic heterocycles. The van der Waals surface area contributed by atoms with Crippen molar-refractivity contribution in [1.82, 2.24) is 0 Å². The number of nitrogens with one attached hydrogen (secondary N) is 1. The van der Waals surface area contributed by atoms with Gasteiger partial charge in [-0.15, -0.1) is 0 Å². The van der Waals surface area contributed by atoms with Gasteiger partial charge in [-0.1, -0.05) is 23.7 Å². The average molecular weight is 326 g/mol. The fraction of sp³-hybridized carbons (Fsp3) is 0.0714. The van der Waals surface area contributed by atoms with Gasteiger partial charge in [-0.25, -0.2) is 13.2 Å². The van der Waals surface area contributed by atoms with Crippen molar-refractivity contribution in [2.75, 3.05) is 4.72 Å². The Bertz CT molecular complexity index is 740. The van der Waals surface area contributed by atoms with Crippen LogP contribution < -0.4 is 4.72 Å². The van der Waals surface area contributed by atoms with Crippen molar-refractivity contribution in [2.24, 2.45) is 0 Å². The van der Waals surface area contributed by atoms with Crippen molar-refractivity contribution < 1.29 is 18.3 Å². The van der Waals surface area contributed by atoms with E-state index in [4.69, 9.17) is 16.7 Å². The number of hydrogen-bond donors (Lipinski definition) is 2. The van der Waals surface area contributed by atoms with Gasteiger partial charge in [-0.05, 0) is 42.0 Å². The van der Waals surface area contributed by atoms with E-state index in [0.29, 0.717) is 16.3 Å². The number of rotatable bonds is 5. The van der Waals surface area contributed by atoms with E-state index < -0.39 is 16.0 Å². The minimum absolute atomic E-state index is 0.0932. The quantitative estimate of drug-likeness (QED) is 0.885. The van der Waals surface area contributed by atoms with E-state index >= 15 is 0 Å². The molecule has 0 unspecified atom stereocenters. The molecule has 5 nitrogen and oxygen atoms in total. The zero-order valence-electron chi connectivity index (χ0n) is 10.8. The Morgan fingerprint density at radius 1 is 1.05 bits per heavy atom. The lowest BCUT2D eigenvalue weighted by Crippen LogP contribution is -2.15. The van der Waals surface area contributed by atoms with Crippen LogP contribution in [0.2, 0.25) is 5.02 Å². The van der Waals surface area contributed by atoms with Gasteiger partial charge in [-0.3, -0.25) is 4.72 Å². The summed E-state index contributed by atoms with van der Waals surface area (Å²) < 4.78 is 26.4. The molecule has 0 saturated carbocycles. The summed E-state index contributed by atoms with van der Waals surface area (Å²) in [5.74, 6) is -1.25. The molecule has 0 saturated heterocycles. The Morgan fingerprint density at radius 2 is 1.62 bits per heavy atom. The number of anilines is 1. The van der Waals surface area contributed by atoms with E-state index in [0.717, 1.165) is 0 Å². The topological polar surface area (TPSA) is 83.5 Å². The van der Waals surface area contributed by atoms with Gasteiger partial charge in [0.2, 0.25) is 10.0 Å². The number of aromatic carboxylic acids is 1. The third kappa shape index (κ3) is 4.47.